The van der Waals surface area contributed by atoms with E-state index in [2.05, 4.69) is 6.07 Å². The third kappa shape index (κ3) is 4.54. The zero-order valence-electron chi connectivity index (χ0n) is 19.0. The van der Waals surface area contributed by atoms with Crippen LogP contribution in [0.1, 0.15) is 82.8 Å². The van der Waals surface area contributed by atoms with Crippen LogP contribution in [-0.4, -0.2) is 22.5 Å². The molecule has 2 saturated carbocycles. The maximum atomic E-state index is 14.9. The smallest absolute Gasteiger partial charge is 0.337 e. The molecule has 2 aliphatic carbocycles. The highest BCUT2D eigenvalue weighted by molar-refractivity contribution is 5.83. The Morgan fingerprint density at radius 3 is 2.50 bits per heavy atom. The number of aliphatic hydroxyl groups is 1. The summed E-state index contributed by atoms with van der Waals surface area (Å²) in [5.41, 5.74) is -0.442. The van der Waals surface area contributed by atoms with Crippen LogP contribution in [-0.2, 0) is 26.1 Å². The second-order valence-electron chi connectivity index (χ2n) is 10.2. The third-order valence-corrected chi connectivity index (χ3v) is 7.41. The van der Waals surface area contributed by atoms with Crippen LogP contribution in [0, 0.1) is 23.1 Å². The maximum Gasteiger partial charge on any atom is 0.337 e. The highest BCUT2D eigenvalue weighted by Crippen LogP contribution is 2.45. The summed E-state index contributed by atoms with van der Waals surface area (Å²) in [5.74, 6) is -1.33. The largest absolute Gasteiger partial charge is 0.457 e. The fraction of sp³-hybridized carbons (Fsp3) is 0.615. The monoisotopic (exact) mass is 441 g/mol. The van der Waals surface area contributed by atoms with E-state index in [4.69, 9.17) is 9.47 Å². The van der Waals surface area contributed by atoms with Gasteiger partial charge in [0.2, 0.25) is 5.79 Å². The van der Waals surface area contributed by atoms with Gasteiger partial charge in [0.05, 0.1) is 23.2 Å². The van der Waals surface area contributed by atoms with Crippen LogP contribution >= 0.6 is 0 Å². The lowest BCUT2D eigenvalue weighted by molar-refractivity contribution is -0.208. The predicted molar refractivity (Wildman–Crippen MR) is 117 cm³/mol. The van der Waals surface area contributed by atoms with Gasteiger partial charge in [0.15, 0.2) is 0 Å². The molecule has 32 heavy (non-hydrogen) atoms. The van der Waals surface area contributed by atoms with Gasteiger partial charge in [-0.3, -0.25) is 0 Å². The van der Waals surface area contributed by atoms with E-state index in [-0.39, 0.29) is 18.2 Å². The van der Waals surface area contributed by atoms with Gasteiger partial charge in [-0.05, 0) is 62.5 Å². The first-order valence-corrected chi connectivity index (χ1v) is 11.7. The first-order valence-electron chi connectivity index (χ1n) is 11.7. The van der Waals surface area contributed by atoms with Gasteiger partial charge in [-0.15, -0.1) is 0 Å². The number of halogens is 1. The predicted octanol–water partition coefficient (Wildman–Crippen LogP) is 5.21. The number of hydrogen-bond acceptors (Lipinski definition) is 5. The van der Waals surface area contributed by atoms with E-state index in [0.29, 0.717) is 37.0 Å². The fourth-order valence-electron chi connectivity index (χ4n) is 5.49. The van der Waals surface area contributed by atoms with Crippen LogP contribution < -0.4 is 0 Å². The Hall–Kier alpha value is -2.39. The molecule has 2 fully saturated rings. The van der Waals surface area contributed by atoms with Crippen LogP contribution in [0.25, 0.3) is 0 Å². The summed E-state index contributed by atoms with van der Waals surface area (Å²) in [7, 11) is 0. The van der Waals surface area contributed by atoms with E-state index in [1.807, 2.05) is 6.07 Å². The minimum absolute atomic E-state index is 0.106. The summed E-state index contributed by atoms with van der Waals surface area (Å²) >= 11 is 0. The van der Waals surface area contributed by atoms with Gasteiger partial charge in [0, 0.05) is 25.8 Å². The molecule has 0 aromatic heterocycles. The molecule has 3 aliphatic rings. The Labute approximate surface area is 189 Å². The molecule has 6 heteroatoms. The third-order valence-electron chi connectivity index (χ3n) is 7.41. The lowest BCUT2D eigenvalue weighted by atomic mass is 9.65. The van der Waals surface area contributed by atoms with Crippen molar-refractivity contribution < 1.29 is 23.8 Å². The minimum atomic E-state index is -1.06. The molecule has 5 nitrogen and oxygen atoms in total. The van der Waals surface area contributed by atoms with Crippen molar-refractivity contribution in [1.82, 2.24) is 0 Å². The number of benzene rings is 1. The molecule has 1 N–H and O–H groups in total. The van der Waals surface area contributed by atoms with E-state index in [0.717, 1.165) is 37.7 Å². The quantitative estimate of drug-likeness (QED) is 0.588. The number of rotatable bonds is 7. The van der Waals surface area contributed by atoms with Crippen molar-refractivity contribution in [2.45, 2.75) is 94.9 Å². The Kier molecular flexibility index (Phi) is 6.06. The number of esters is 1. The van der Waals surface area contributed by atoms with Crippen LogP contribution in [0.3, 0.4) is 0 Å². The van der Waals surface area contributed by atoms with Crippen molar-refractivity contribution in [3.05, 3.63) is 47.0 Å². The minimum Gasteiger partial charge on any atom is -0.457 e. The molecule has 1 aromatic carbocycles. The number of nitrogens with zero attached hydrogens (tertiary/aromatic N) is 1. The number of hydrogen-bond donors (Lipinski definition) is 1. The summed E-state index contributed by atoms with van der Waals surface area (Å²) in [6.45, 7) is 3.35. The van der Waals surface area contributed by atoms with Crippen molar-refractivity contribution in [2.24, 2.45) is 5.92 Å². The van der Waals surface area contributed by atoms with E-state index >= 15 is 0 Å². The van der Waals surface area contributed by atoms with Gasteiger partial charge in [-0.2, -0.15) is 5.26 Å². The Balaban J connectivity index is 1.51. The fourth-order valence-corrected chi connectivity index (χ4v) is 5.49. The lowest BCUT2D eigenvalue weighted by Gasteiger charge is -2.38. The summed E-state index contributed by atoms with van der Waals surface area (Å²) < 4.78 is 25.9. The molecule has 0 amide bonds. The zero-order valence-corrected chi connectivity index (χ0v) is 19.0. The molecule has 4 rings (SSSR count). The number of ether oxygens (including phenoxy) is 2. The van der Waals surface area contributed by atoms with Crippen molar-refractivity contribution in [2.75, 3.05) is 0 Å². The second-order valence-corrected chi connectivity index (χ2v) is 10.2. The average molecular weight is 442 g/mol. The lowest BCUT2D eigenvalue weighted by Crippen LogP contribution is -2.41. The molecule has 172 valence electrons. The van der Waals surface area contributed by atoms with Crippen LogP contribution in [0.5, 0.6) is 0 Å². The molecule has 0 bridgehead atoms. The zero-order chi connectivity index (χ0) is 23.0. The molecule has 1 aliphatic heterocycles. The van der Waals surface area contributed by atoms with Gasteiger partial charge in [0.1, 0.15) is 11.6 Å². The molecule has 0 radical (unpaired) electrons. The van der Waals surface area contributed by atoms with E-state index in [1.54, 1.807) is 19.9 Å². The van der Waals surface area contributed by atoms with Gasteiger partial charge in [-0.25, -0.2) is 9.18 Å². The number of carbonyl (C=O) groups is 1. The van der Waals surface area contributed by atoms with Crippen LogP contribution in [0.2, 0.25) is 0 Å². The molecule has 1 atom stereocenters. The van der Waals surface area contributed by atoms with Crippen molar-refractivity contribution in [3.63, 3.8) is 0 Å². The normalized spacial score (nSPS) is 23.8. The molecule has 1 heterocycles. The maximum absolute atomic E-state index is 14.9. The molecular weight excluding hydrogens is 409 g/mol. The Morgan fingerprint density at radius 2 is 1.94 bits per heavy atom. The van der Waals surface area contributed by atoms with Crippen molar-refractivity contribution >= 4 is 5.97 Å². The first kappa shape index (κ1) is 22.8. The Morgan fingerprint density at radius 1 is 1.22 bits per heavy atom. The van der Waals surface area contributed by atoms with Crippen LogP contribution in [0.15, 0.2) is 30.0 Å². The summed E-state index contributed by atoms with van der Waals surface area (Å²) in [6, 6.07) is 7.43. The molecule has 0 spiro atoms. The van der Waals surface area contributed by atoms with Crippen LogP contribution in [0.4, 0.5) is 4.39 Å². The van der Waals surface area contributed by atoms with E-state index in [1.165, 1.54) is 12.1 Å². The summed E-state index contributed by atoms with van der Waals surface area (Å²) in [5, 5.41) is 21.2. The second kappa shape index (κ2) is 8.51. The number of aryl methyl sites for hydroxylation is 1. The number of cyclic esters (lactones) is 1. The Bertz CT molecular complexity index is 953. The van der Waals surface area contributed by atoms with Crippen molar-refractivity contribution in [3.8, 4) is 6.07 Å². The number of nitriles is 1. The van der Waals surface area contributed by atoms with E-state index < -0.39 is 22.8 Å². The van der Waals surface area contributed by atoms with E-state index in [9.17, 15) is 19.6 Å². The molecule has 1 unspecified atom stereocenters. The highest BCUT2D eigenvalue weighted by Gasteiger charge is 2.43. The van der Waals surface area contributed by atoms with Crippen molar-refractivity contribution in [1.29, 1.82) is 5.26 Å². The highest BCUT2D eigenvalue weighted by atomic mass is 19.1. The van der Waals surface area contributed by atoms with Gasteiger partial charge < -0.3 is 14.6 Å². The van der Waals surface area contributed by atoms with Gasteiger partial charge in [0.25, 0.3) is 0 Å². The average Bonchev–Trinajstić information content (AvgIpc) is 3.21. The molecule has 1 aromatic rings. The standard InChI is InChI=1S/C26H32FNO4/c1-24(2)31-20(15-23(29)32-24)16-26(30,19-6-3-4-7-19)13-10-18-8-9-21(22(27)14-18)25(17-28)11-5-12-25/h8-9,14-15,19,30H,3-7,10-13,16H2,1-2H3. The number of carbonyl (C=O) groups excluding carboxylic acids is 1. The SMILES string of the molecule is CC1(C)OC(=O)C=C(CC(O)(CCc2ccc(C3(C#N)CCC3)c(F)c2)C2CCCC2)O1. The summed E-state index contributed by atoms with van der Waals surface area (Å²) in [4.78, 5) is 12.0. The summed E-state index contributed by atoms with van der Waals surface area (Å²) in [6.07, 6.45) is 8.84. The van der Waals surface area contributed by atoms with Gasteiger partial charge >= 0.3 is 5.97 Å². The first-order chi connectivity index (χ1) is 15.1. The molecular formula is C26H32FNO4. The molecule has 0 saturated heterocycles. The topological polar surface area (TPSA) is 79.5 Å². The van der Waals surface area contributed by atoms with Gasteiger partial charge in [-0.1, -0.05) is 25.0 Å².